The van der Waals surface area contributed by atoms with Crippen LogP contribution in [0, 0.1) is 22.7 Å². The van der Waals surface area contributed by atoms with Crippen molar-refractivity contribution >= 4 is 11.8 Å². The summed E-state index contributed by atoms with van der Waals surface area (Å²) in [7, 11) is 0. The van der Waals surface area contributed by atoms with Gasteiger partial charge in [-0.15, -0.1) is 0 Å². The molecule has 0 aromatic heterocycles. The maximum absolute atomic E-state index is 11.7. The van der Waals surface area contributed by atoms with E-state index >= 15 is 0 Å². The Morgan fingerprint density at radius 1 is 0.875 bits per heavy atom. The summed E-state index contributed by atoms with van der Waals surface area (Å²) >= 11 is 0. The van der Waals surface area contributed by atoms with Gasteiger partial charge in [-0.1, -0.05) is 55.4 Å². The van der Waals surface area contributed by atoms with Gasteiger partial charge in [0, 0.05) is 36.3 Å². The fourth-order valence-electron chi connectivity index (χ4n) is 2.02. The summed E-state index contributed by atoms with van der Waals surface area (Å²) in [5.41, 5.74) is -0.245. The van der Waals surface area contributed by atoms with Gasteiger partial charge in [-0.3, -0.25) is 9.59 Å². The van der Waals surface area contributed by atoms with Crippen LogP contribution in [-0.2, 0) is 14.3 Å². The number of amides is 2. The van der Waals surface area contributed by atoms with Gasteiger partial charge < -0.3 is 15.4 Å². The maximum atomic E-state index is 11.7. The van der Waals surface area contributed by atoms with E-state index in [4.69, 9.17) is 4.74 Å². The molecule has 0 spiro atoms. The lowest BCUT2D eigenvalue weighted by molar-refractivity contribution is -0.124. The van der Waals surface area contributed by atoms with Gasteiger partial charge in [-0.2, -0.15) is 0 Å². The fourth-order valence-corrected chi connectivity index (χ4v) is 2.02. The predicted molar refractivity (Wildman–Crippen MR) is 98.7 cm³/mol. The lowest BCUT2D eigenvalue weighted by Crippen LogP contribution is -2.40. The highest BCUT2D eigenvalue weighted by molar-refractivity contribution is 5.77. The van der Waals surface area contributed by atoms with Crippen LogP contribution in [0.2, 0.25) is 0 Å². The Kier molecular flexibility index (Phi) is 9.56. The molecule has 2 amide bonds. The number of nitrogens with one attached hydrogen (secondary N) is 2. The molecule has 0 aromatic carbocycles. The van der Waals surface area contributed by atoms with E-state index in [1.807, 2.05) is 27.7 Å². The first-order valence-electron chi connectivity index (χ1n) is 8.97. The molecular formula is C19H38N2O3. The van der Waals surface area contributed by atoms with Gasteiger partial charge in [0.15, 0.2) is 0 Å². The highest BCUT2D eigenvalue weighted by Gasteiger charge is 2.24. The molecule has 0 aliphatic carbocycles. The minimum atomic E-state index is -0.123. The smallest absolute Gasteiger partial charge is 0.222 e. The first-order valence-corrected chi connectivity index (χ1v) is 8.97. The zero-order chi connectivity index (χ0) is 19.0. The average Bonchev–Trinajstić information content (AvgIpc) is 2.41. The summed E-state index contributed by atoms with van der Waals surface area (Å²) < 4.78 is 5.87. The molecule has 0 rings (SSSR count). The molecule has 2 N–H and O–H groups in total. The van der Waals surface area contributed by atoms with E-state index in [1.165, 1.54) is 0 Å². The van der Waals surface area contributed by atoms with Gasteiger partial charge in [0.2, 0.25) is 11.8 Å². The Labute approximate surface area is 148 Å². The molecule has 5 nitrogen and oxygen atoms in total. The molecule has 0 bridgehead atoms. The summed E-state index contributed by atoms with van der Waals surface area (Å²) in [5, 5.41) is 5.93. The van der Waals surface area contributed by atoms with Crippen molar-refractivity contribution in [3.63, 3.8) is 0 Å². The lowest BCUT2D eigenvalue weighted by Gasteiger charge is -2.29. The highest BCUT2D eigenvalue weighted by atomic mass is 16.5. The fraction of sp³-hybridized carbons (Fsp3) is 0.895. The maximum Gasteiger partial charge on any atom is 0.222 e. The van der Waals surface area contributed by atoms with E-state index < -0.39 is 0 Å². The minimum Gasteiger partial charge on any atom is -0.380 e. The van der Waals surface area contributed by atoms with E-state index in [9.17, 15) is 9.59 Å². The molecule has 0 heterocycles. The zero-order valence-electron chi connectivity index (χ0n) is 16.9. The van der Waals surface area contributed by atoms with Crippen molar-refractivity contribution in [1.29, 1.82) is 0 Å². The monoisotopic (exact) mass is 342 g/mol. The third-order valence-corrected chi connectivity index (χ3v) is 3.61. The van der Waals surface area contributed by atoms with Crippen LogP contribution in [0.4, 0.5) is 0 Å². The zero-order valence-corrected chi connectivity index (χ0v) is 16.9. The van der Waals surface area contributed by atoms with E-state index in [2.05, 4.69) is 38.3 Å². The minimum absolute atomic E-state index is 0.00454. The van der Waals surface area contributed by atoms with Gasteiger partial charge in [0.25, 0.3) is 0 Å². The van der Waals surface area contributed by atoms with Crippen LogP contribution in [0.15, 0.2) is 0 Å². The molecule has 0 fully saturated rings. The number of hydrogen-bond acceptors (Lipinski definition) is 3. The van der Waals surface area contributed by atoms with Gasteiger partial charge in [-0.05, 0) is 5.92 Å². The van der Waals surface area contributed by atoms with Crippen LogP contribution in [0.3, 0.4) is 0 Å². The van der Waals surface area contributed by atoms with Crippen LogP contribution in [0.25, 0.3) is 0 Å². The lowest BCUT2D eigenvalue weighted by atomic mass is 9.92. The third-order valence-electron chi connectivity index (χ3n) is 3.61. The normalized spacial score (nSPS) is 12.6. The second-order valence-corrected chi connectivity index (χ2v) is 9.07. The largest absolute Gasteiger partial charge is 0.380 e. The molecule has 0 unspecified atom stereocenters. The Bertz CT molecular complexity index is 401. The van der Waals surface area contributed by atoms with Crippen molar-refractivity contribution in [3.8, 4) is 0 Å². The standard InChI is InChI=1S/C19H38N2O3/c1-14(2)9-16(22)20-10-18(5,6)12-24-13-19(7,8)11-21-17(23)15(3)4/h14-15H,9-13H2,1-8H3,(H,20,22)(H,21,23). The SMILES string of the molecule is CC(C)CC(=O)NCC(C)(C)COCC(C)(C)CNC(=O)C(C)C. The summed E-state index contributed by atoms with van der Waals surface area (Å²) in [6.07, 6.45) is 0.555. The quantitative estimate of drug-likeness (QED) is 0.606. The van der Waals surface area contributed by atoms with Crippen LogP contribution < -0.4 is 10.6 Å². The Morgan fingerprint density at radius 2 is 1.33 bits per heavy atom. The molecule has 0 aliphatic rings. The molecule has 0 aromatic rings. The third kappa shape index (κ3) is 11.4. The first kappa shape index (κ1) is 22.9. The van der Waals surface area contributed by atoms with Crippen LogP contribution in [-0.4, -0.2) is 38.1 Å². The van der Waals surface area contributed by atoms with Crippen LogP contribution >= 0.6 is 0 Å². The number of ether oxygens (including phenoxy) is 1. The van der Waals surface area contributed by atoms with Crippen molar-refractivity contribution in [2.45, 2.75) is 61.8 Å². The van der Waals surface area contributed by atoms with Crippen molar-refractivity contribution in [2.75, 3.05) is 26.3 Å². The summed E-state index contributed by atoms with van der Waals surface area (Å²) in [5.74, 6) is 0.521. The van der Waals surface area contributed by atoms with Crippen molar-refractivity contribution in [3.05, 3.63) is 0 Å². The van der Waals surface area contributed by atoms with Gasteiger partial charge >= 0.3 is 0 Å². The Hall–Kier alpha value is -1.10. The summed E-state index contributed by atoms with van der Waals surface area (Å²) in [4.78, 5) is 23.4. The van der Waals surface area contributed by atoms with E-state index in [-0.39, 0.29) is 28.6 Å². The molecule has 24 heavy (non-hydrogen) atoms. The molecule has 0 aliphatic heterocycles. The second kappa shape index (κ2) is 10.0. The topological polar surface area (TPSA) is 67.4 Å². The predicted octanol–water partition coefficient (Wildman–Crippen LogP) is 2.99. The first-order chi connectivity index (χ1) is 10.8. The van der Waals surface area contributed by atoms with Crippen molar-refractivity contribution in [2.24, 2.45) is 22.7 Å². The van der Waals surface area contributed by atoms with Crippen molar-refractivity contribution in [1.82, 2.24) is 10.6 Å². The highest BCUT2D eigenvalue weighted by Crippen LogP contribution is 2.19. The van der Waals surface area contributed by atoms with Crippen LogP contribution in [0.1, 0.15) is 61.8 Å². The number of hydrogen-bond donors (Lipinski definition) is 2. The van der Waals surface area contributed by atoms with Crippen molar-refractivity contribution < 1.29 is 14.3 Å². The Morgan fingerprint density at radius 3 is 1.75 bits per heavy atom. The molecule has 0 radical (unpaired) electrons. The molecule has 142 valence electrons. The average molecular weight is 343 g/mol. The summed E-state index contributed by atoms with van der Waals surface area (Å²) in [6, 6.07) is 0. The number of rotatable bonds is 11. The molecule has 5 heteroatoms. The molecule has 0 saturated heterocycles. The number of carbonyl (C=O) groups excluding carboxylic acids is 2. The molecular weight excluding hydrogens is 304 g/mol. The second-order valence-electron chi connectivity index (χ2n) is 9.07. The molecule has 0 atom stereocenters. The molecule has 0 saturated carbocycles. The van der Waals surface area contributed by atoms with E-state index in [0.717, 1.165) is 0 Å². The number of carbonyl (C=O) groups is 2. The van der Waals surface area contributed by atoms with E-state index in [0.29, 0.717) is 38.6 Å². The van der Waals surface area contributed by atoms with Gasteiger partial charge in [-0.25, -0.2) is 0 Å². The van der Waals surface area contributed by atoms with Gasteiger partial charge in [0.1, 0.15) is 0 Å². The van der Waals surface area contributed by atoms with Gasteiger partial charge in [0.05, 0.1) is 13.2 Å². The summed E-state index contributed by atoms with van der Waals surface area (Å²) in [6.45, 7) is 18.5. The van der Waals surface area contributed by atoms with Crippen LogP contribution in [0.5, 0.6) is 0 Å². The van der Waals surface area contributed by atoms with E-state index in [1.54, 1.807) is 0 Å². The Balaban J connectivity index is 4.13.